The van der Waals surface area contributed by atoms with Crippen LogP contribution in [0.15, 0.2) is 30.6 Å². The minimum absolute atomic E-state index is 0.259. The lowest BCUT2D eigenvalue weighted by Gasteiger charge is -2.15. The summed E-state index contributed by atoms with van der Waals surface area (Å²) in [4.78, 5) is 4.43. The average molecular weight is 218 g/mol. The number of hydrogen-bond acceptors (Lipinski definition) is 2. The molecular weight excluding hydrogens is 200 g/mol. The highest BCUT2D eigenvalue weighted by Gasteiger charge is 2.18. The lowest BCUT2D eigenvalue weighted by Crippen LogP contribution is -2.09. The van der Waals surface area contributed by atoms with Gasteiger partial charge in [0.25, 0.3) is 0 Å². The Labute approximate surface area is 95.8 Å². The number of aromatic nitrogens is 2. The second kappa shape index (κ2) is 4.66. The van der Waals surface area contributed by atoms with Gasteiger partial charge in [-0.05, 0) is 24.5 Å². The summed E-state index contributed by atoms with van der Waals surface area (Å²) in [5.41, 5.74) is 1.66. The molecule has 2 unspecified atom stereocenters. The van der Waals surface area contributed by atoms with Crippen molar-refractivity contribution in [3.8, 4) is 0 Å². The van der Waals surface area contributed by atoms with Gasteiger partial charge in [-0.25, -0.2) is 4.98 Å². The second-order valence-corrected chi connectivity index (χ2v) is 4.34. The van der Waals surface area contributed by atoms with Crippen molar-refractivity contribution >= 4 is 5.65 Å². The molecule has 0 amide bonds. The van der Waals surface area contributed by atoms with Crippen LogP contribution in [0, 0.1) is 5.92 Å². The number of imidazole rings is 1. The van der Waals surface area contributed by atoms with E-state index in [0.717, 1.165) is 24.2 Å². The highest BCUT2D eigenvalue weighted by molar-refractivity contribution is 5.39. The Balaban J connectivity index is 2.26. The van der Waals surface area contributed by atoms with Crippen molar-refractivity contribution in [2.45, 2.75) is 32.8 Å². The van der Waals surface area contributed by atoms with Crippen molar-refractivity contribution in [2.24, 2.45) is 5.92 Å². The molecule has 2 aromatic rings. The molecule has 0 spiro atoms. The maximum atomic E-state index is 10.1. The van der Waals surface area contributed by atoms with E-state index in [2.05, 4.69) is 18.8 Å². The standard InChI is InChI=1S/C13H18N2O/c1-3-6-10(2)13(16)11-9-15-8-5-4-7-12(15)14-11/h4-5,7-10,13,16H,3,6H2,1-2H3. The maximum Gasteiger partial charge on any atom is 0.137 e. The molecule has 0 aromatic carbocycles. The number of fused-ring (bicyclic) bond motifs is 1. The first-order valence-electron chi connectivity index (χ1n) is 5.84. The van der Waals surface area contributed by atoms with Gasteiger partial charge in [0.15, 0.2) is 0 Å². The molecule has 0 saturated heterocycles. The van der Waals surface area contributed by atoms with E-state index in [1.165, 1.54) is 0 Å². The van der Waals surface area contributed by atoms with Crippen molar-refractivity contribution < 1.29 is 5.11 Å². The summed E-state index contributed by atoms with van der Waals surface area (Å²) in [6.07, 6.45) is 5.51. The van der Waals surface area contributed by atoms with Gasteiger partial charge in [-0.2, -0.15) is 0 Å². The molecule has 0 aliphatic carbocycles. The Kier molecular flexibility index (Phi) is 3.25. The molecule has 0 fully saturated rings. The van der Waals surface area contributed by atoms with Gasteiger partial charge in [-0.1, -0.05) is 26.3 Å². The summed E-state index contributed by atoms with van der Waals surface area (Å²) in [7, 11) is 0. The number of pyridine rings is 1. The van der Waals surface area contributed by atoms with Crippen LogP contribution in [0.1, 0.15) is 38.5 Å². The number of rotatable bonds is 4. The van der Waals surface area contributed by atoms with Crippen LogP contribution in [-0.2, 0) is 0 Å². The van der Waals surface area contributed by atoms with Crippen LogP contribution in [-0.4, -0.2) is 14.5 Å². The van der Waals surface area contributed by atoms with E-state index >= 15 is 0 Å². The fraction of sp³-hybridized carbons (Fsp3) is 0.462. The zero-order valence-electron chi connectivity index (χ0n) is 9.80. The summed E-state index contributed by atoms with van der Waals surface area (Å²) >= 11 is 0. The van der Waals surface area contributed by atoms with Gasteiger partial charge in [0, 0.05) is 12.4 Å². The predicted molar refractivity (Wildman–Crippen MR) is 64.2 cm³/mol. The van der Waals surface area contributed by atoms with E-state index in [1.807, 2.05) is 35.0 Å². The number of aliphatic hydroxyl groups is 1. The molecule has 2 rings (SSSR count). The van der Waals surface area contributed by atoms with E-state index in [-0.39, 0.29) is 5.92 Å². The van der Waals surface area contributed by atoms with Crippen molar-refractivity contribution in [3.05, 3.63) is 36.3 Å². The molecule has 3 heteroatoms. The van der Waals surface area contributed by atoms with Gasteiger partial charge < -0.3 is 9.51 Å². The van der Waals surface area contributed by atoms with Crippen LogP contribution in [0.4, 0.5) is 0 Å². The van der Waals surface area contributed by atoms with Crippen LogP contribution < -0.4 is 0 Å². The van der Waals surface area contributed by atoms with Crippen molar-refractivity contribution in [1.29, 1.82) is 0 Å². The smallest absolute Gasteiger partial charge is 0.137 e. The first-order valence-corrected chi connectivity index (χ1v) is 5.84. The Morgan fingerprint density at radius 2 is 2.25 bits per heavy atom. The Morgan fingerprint density at radius 3 is 2.94 bits per heavy atom. The third kappa shape index (κ3) is 2.09. The molecular formula is C13H18N2O. The summed E-state index contributed by atoms with van der Waals surface area (Å²) in [5, 5.41) is 10.1. The van der Waals surface area contributed by atoms with Crippen molar-refractivity contribution in [2.75, 3.05) is 0 Å². The number of nitrogens with zero attached hydrogens (tertiary/aromatic N) is 2. The summed E-state index contributed by atoms with van der Waals surface area (Å²) < 4.78 is 1.94. The molecule has 0 bridgehead atoms. The summed E-state index contributed by atoms with van der Waals surface area (Å²) in [6.45, 7) is 4.20. The fourth-order valence-corrected chi connectivity index (χ4v) is 2.00. The molecule has 0 aliphatic heterocycles. The van der Waals surface area contributed by atoms with Gasteiger partial charge in [-0.3, -0.25) is 0 Å². The van der Waals surface area contributed by atoms with E-state index in [9.17, 15) is 5.11 Å². The largest absolute Gasteiger partial charge is 0.386 e. The second-order valence-electron chi connectivity index (χ2n) is 4.34. The molecule has 86 valence electrons. The lowest BCUT2D eigenvalue weighted by atomic mass is 9.97. The quantitative estimate of drug-likeness (QED) is 0.856. The lowest BCUT2D eigenvalue weighted by molar-refractivity contribution is 0.108. The molecule has 2 aromatic heterocycles. The van der Waals surface area contributed by atoms with E-state index < -0.39 is 6.10 Å². The molecule has 0 radical (unpaired) electrons. The molecule has 1 N–H and O–H groups in total. The number of hydrogen-bond donors (Lipinski definition) is 1. The summed E-state index contributed by atoms with van der Waals surface area (Å²) in [6, 6.07) is 5.86. The molecule has 0 saturated carbocycles. The van der Waals surface area contributed by atoms with Gasteiger partial charge in [-0.15, -0.1) is 0 Å². The SMILES string of the molecule is CCCC(C)C(O)c1cn2ccccc2n1. The zero-order valence-corrected chi connectivity index (χ0v) is 9.80. The molecule has 16 heavy (non-hydrogen) atoms. The van der Waals surface area contributed by atoms with Gasteiger partial charge in [0.05, 0.1) is 5.69 Å². The van der Waals surface area contributed by atoms with Crippen LogP contribution in [0.5, 0.6) is 0 Å². The topological polar surface area (TPSA) is 37.5 Å². The maximum absolute atomic E-state index is 10.1. The first-order chi connectivity index (χ1) is 7.72. The molecule has 0 aliphatic rings. The summed E-state index contributed by atoms with van der Waals surface area (Å²) in [5.74, 6) is 0.259. The molecule has 3 nitrogen and oxygen atoms in total. The van der Waals surface area contributed by atoms with Crippen molar-refractivity contribution in [1.82, 2.24) is 9.38 Å². The van der Waals surface area contributed by atoms with Crippen LogP contribution in [0.25, 0.3) is 5.65 Å². The average Bonchev–Trinajstić information content (AvgIpc) is 2.71. The predicted octanol–water partition coefficient (Wildman–Crippen LogP) is 2.80. The molecule has 2 heterocycles. The molecule has 2 atom stereocenters. The Morgan fingerprint density at radius 1 is 1.44 bits per heavy atom. The third-order valence-corrected chi connectivity index (χ3v) is 2.97. The van der Waals surface area contributed by atoms with E-state index in [4.69, 9.17) is 0 Å². The first kappa shape index (κ1) is 11.1. The monoisotopic (exact) mass is 218 g/mol. The number of aliphatic hydroxyl groups excluding tert-OH is 1. The Hall–Kier alpha value is -1.35. The van der Waals surface area contributed by atoms with Gasteiger partial charge in [0.1, 0.15) is 11.8 Å². The third-order valence-electron chi connectivity index (χ3n) is 2.97. The van der Waals surface area contributed by atoms with Crippen LogP contribution in [0.3, 0.4) is 0 Å². The Bertz CT molecular complexity index is 431. The highest BCUT2D eigenvalue weighted by Crippen LogP contribution is 2.24. The zero-order chi connectivity index (χ0) is 11.5. The fourth-order valence-electron chi connectivity index (χ4n) is 2.00. The van der Waals surface area contributed by atoms with Crippen molar-refractivity contribution in [3.63, 3.8) is 0 Å². The highest BCUT2D eigenvalue weighted by atomic mass is 16.3. The van der Waals surface area contributed by atoms with Crippen LogP contribution in [0.2, 0.25) is 0 Å². The van der Waals surface area contributed by atoms with Gasteiger partial charge in [0.2, 0.25) is 0 Å². The van der Waals surface area contributed by atoms with Crippen LogP contribution >= 0.6 is 0 Å². The minimum atomic E-state index is -0.458. The normalized spacial score (nSPS) is 15.2. The van der Waals surface area contributed by atoms with E-state index in [1.54, 1.807) is 0 Å². The van der Waals surface area contributed by atoms with Gasteiger partial charge >= 0.3 is 0 Å². The minimum Gasteiger partial charge on any atom is -0.386 e. The van der Waals surface area contributed by atoms with E-state index in [0.29, 0.717) is 0 Å².